The average molecular weight is 591 g/mol. The molecule has 1 aliphatic rings. The first kappa shape index (κ1) is 27.9. The molecule has 0 spiro atoms. The van der Waals surface area contributed by atoms with Gasteiger partial charge < -0.3 is 14.3 Å². The highest BCUT2D eigenvalue weighted by molar-refractivity contribution is 7.07. The Morgan fingerprint density at radius 3 is 2.42 bits per heavy atom. The molecule has 0 unspecified atom stereocenters. The summed E-state index contributed by atoms with van der Waals surface area (Å²) in [5.74, 6) is -0.651. The van der Waals surface area contributed by atoms with Gasteiger partial charge in [0, 0.05) is 17.2 Å². The Balaban J connectivity index is 1.53. The zero-order valence-electron chi connectivity index (χ0n) is 23.3. The van der Waals surface area contributed by atoms with Gasteiger partial charge in [-0.25, -0.2) is 14.6 Å². The van der Waals surface area contributed by atoms with Crippen molar-refractivity contribution in [2.45, 2.75) is 19.9 Å². The maximum absolute atomic E-state index is 14.0. The number of aromatic carboxylic acids is 1. The van der Waals surface area contributed by atoms with E-state index in [-0.39, 0.29) is 23.3 Å². The van der Waals surface area contributed by atoms with E-state index in [1.807, 2.05) is 60.7 Å². The van der Waals surface area contributed by atoms with E-state index < -0.39 is 18.0 Å². The number of rotatable bonds is 7. The number of ether oxygens (including phenoxy) is 1. The second-order valence-corrected chi connectivity index (χ2v) is 10.8. The number of hydrogen-bond acceptors (Lipinski definition) is 7. The SMILES string of the molecule is CCOC(=O)C1=C(c2ccccc2)N=c2s/c(=C\c3ccc(-c4cccc(C(=O)O)c4C)o3)c(=O)n2[C@H]1c1ccccc1. The van der Waals surface area contributed by atoms with Gasteiger partial charge in [-0.3, -0.25) is 9.36 Å². The fourth-order valence-corrected chi connectivity index (χ4v) is 6.21. The van der Waals surface area contributed by atoms with Crippen molar-refractivity contribution in [3.8, 4) is 11.3 Å². The lowest BCUT2D eigenvalue weighted by Gasteiger charge is -2.25. The molecule has 8 nitrogen and oxygen atoms in total. The van der Waals surface area contributed by atoms with Crippen LogP contribution in [0.15, 0.2) is 111 Å². The Labute approximate surface area is 250 Å². The van der Waals surface area contributed by atoms with E-state index in [0.29, 0.717) is 37.7 Å². The molecular formula is C34H26N2O6S. The molecular weight excluding hydrogens is 564 g/mol. The number of carbonyl (C=O) groups excluding carboxylic acids is 1. The maximum Gasteiger partial charge on any atom is 0.338 e. The number of aromatic nitrogens is 1. The molecule has 1 aliphatic heterocycles. The van der Waals surface area contributed by atoms with Gasteiger partial charge in [-0.2, -0.15) is 0 Å². The number of benzene rings is 3. The van der Waals surface area contributed by atoms with Crippen molar-refractivity contribution in [3.05, 3.63) is 144 Å². The van der Waals surface area contributed by atoms with E-state index >= 15 is 0 Å². The van der Waals surface area contributed by atoms with E-state index in [0.717, 1.165) is 11.1 Å². The summed E-state index contributed by atoms with van der Waals surface area (Å²) in [7, 11) is 0. The molecule has 6 rings (SSSR count). The smallest absolute Gasteiger partial charge is 0.338 e. The van der Waals surface area contributed by atoms with Gasteiger partial charge in [0.25, 0.3) is 5.56 Å². The fourth-order valence-electron chi connectivity index (χ4n) is 5.23. The summed E-state index contributed by atoms with van der Waals surface area (Å²) >= 11 is 1.20. The van der Waals surface area contributed by atoms with Crippen LogP contribution < -0.4 is 14.9 Å². The quantitative estimate of drug-likeness (QED) is 0.261. The normalized spacial score (nSPS) is 14.7. The van der Waals surface area contributed by atoms with E-state index in [9.17, 15) is 19.5 Å². The van der Waals surface area contributed by atoms with Crippen LogP contribution in [0.1, 0.15) is 45.8 Å². The van der Waals surface area contributed by atoms with Crippen LogP contribution in [-0.4, -0.2) is 28.2 Å². The summed E-state index contributed by atoms with van der Waals surface area (Å²) in [6, 6.07) is 26.5. The van der Waals surface area contributed by atoms with Gasteiger partial charge in [0.15, 0.2) is 4.80 Å². The van der Waals surface area contributed by atoms with Gasteiger partial charge in [0.1, 0.15) is 11.5 Å². The number of hydrogen-bond donors (Lipinski definition) is 1. The number of thiazole rings is 1. The van der Waals surface area contributed by atoms with Crippen LogP contribution in [-0.2, 0) is 9.53 Å². The highest BCUT2D eigenvalue weighted by Crippen LogP contribution is 2.35. The van der Waals surface area contributed by atoms with E-state index in [1.54, 1.807) is 50.3 Å². The molecule has 0 saturated heterocycles. The second-order valence-electron chi connectivity index (χ2n) is 9.83. The number of nitrogens with zero attached hydrogens (tertiary/aromatic N) is 2. The summed E-state index contributed by atoms with van der Waals surface area (Å²) < 4.78 is 13.5. The summed E-state index contributed by atoms with van der Waals surface area (Å²) in [5.41, 5.74) is 3.32. The van der Waals surface area contributed by atoms with Crippen LogP contribution in [0, 0.1) is 6.92 Å². The minimum absolute atomic E-state index is 0.173. The van der Waals surface area contributed by atoms with Gasteiger partial charge >= 0.3 is 11.9 Å². The summed E-state index contributed by atoms with van der Waals surface area (Å²) in [6.45, 7) is 3.64. The van der Waals surface area contributed by atoms with Gasteiger partial charge in [-0.15, -0.1) is 0 Å². The van der Waals surface area contributed by atoms with E-state index in [2.05, 4.69) is 0 Å². The van der Waals surface area contributed by atoms with Crippen LogP contribution in [0.3, 0.4) is 0 Å². The largest absolute Gasteiger partial charge is 0.478 e. The Kier molecular flexibility index (Phi) is 7.48. The Hall–Kier alpha value is -5.28. The van der Waals surface area contributed by atoms with Crippen LogP contribution >= 0.6 is 11.3 Å². The minimum atomic E-state index is -1.02. The zero-order chi connectivity index (χ0) is 30.1. The third-order valence-electron chi connectivity index (χ3n) is 7.22. The van der Waals surface area contributed by atoms with Crippen molar-refractivity contribution in [3.63, 3.8) is 0 Å². The molecule has 0 fully saturated rings. The van der Waals surface area contributed by atoms with Crippen molar-refractivity contribution in [2.75, 3.05) is 6.61 Å². The molecule has 43 heavy (non-hydrogen) atoms. The van der Waals surface area contributed by atoms with Crippen LogP contribution in [0.5, 0.6) is 0 Å². The highest BCUT2D eigenvalue weighted by atomic mass is 32.1. The monoisotopic (exact) mass is 590 g/mol. The van der Waals surface area contributed by atoms with Crippen molar-refractivity contribution in [2.24, 2.45) is 4.99 Å². The molecule has 0 aliphatic carbocycles. The number of furan rings is 1. The van der Waals surface area contributed by atoms with Crippen molar-refractivity contribution >= 4 is 35.0 Å². The van der Waals surface area contributed by atoms with E-state index in [4.69, 9.17) is 14.1 Å². The predicted octanol–water partition coefficient (Wildman–Crippen LogP) is 5.20. The van der Waals surface area contributed by atoms with Crippen LogP contribution in [0.2, 0.25) is 0 Å². The fraction of sp³-hybridized carbons (Fsp3) is 0.118. The lowest BCUT2D eigenvalue weighted by Crippen LogP contribution is -2.39. The Bertz CT molecular complexity index is 2070. The third-order valence-corrected chi connectivity index (χ3v) is 8.20. The molecule has 0 radical (unpaired) electrons. The Morgan fingerprint density at radius 2 is 1.72 bits per heavy atom. The first-order valence-electron chi connectivity index (χ1n) is 13.6. The van der Waals surface area contributed by atoms with Crippen molar-refractivity contribution in [1.29, 1.82) is 0 Å². The molecule has 0 amide bonds. The summed E-state index contributed by atoms with van der Waals surface area (Å²) in [4.78, 5) is 44.4. The molecule has 0 saturated carbocycles. The molecule has 1 atom stereocenters. The minimum Gasteiger partial charge on any atom is -0.478 e. The first-order valence-corrected chi connectivity index (χ1v) is 14.5. The third kappa shape index (κ3) is 5.15. The van der Waals surface area contributed by atoms with Gasteiger partial charge in [0.05, 0.1) is 34.0 Å². The molecule has 3 heterocycles. The highest BCUT2D eigenvalue weighted by Gasteiger charge is 2.35. The van der Waals surface area contributed by atoms with Gasteiger partial charge in [0.2, 0.25) is 0 Å². The first-order chi connectivity index (χ1) is 20.9. The predicted molar refractivity (Wildman–Crippen MR) is 163 cm³/mol. The maximum atomic E-state index is 14.0. The lowest BCUT2D eigenvalue weighted by molar-refractivity contribution is -0.138. The second kappa shape index (κ2) is 11.5. The summed E-state index contributed by atoms with van der Waals surface area (Å²) in [5, 5.41) is 9.51. The van der Waals surface area contributed by atoms with Crippen molar-refractivity contribution < 1.29 is 23.8 Å². The average Bonchev–Trinajstić information content (AvgIpc) is 3.61. The molecule has 3 aromatic carbocycles. The molecule has 1 N–H and O–H groups in total. The number of esters is 1. The molecule has 5 aromatic rings. The van der Waals surface area contributed by atoms with Gasteiger partial charge in [-0.05, 0) is 43.2 Å². The van der Waals surface area contributed by atoms with Crippen LogP contribution in [0.25, 0.3) is 23.1 Å². The standard InChI is InChI=1S/C34H26N2O6S/c1-3-41-33(40)28-29(21-11-6-4-7-12-21)35-34-36(30(28)22-13-8-5-9-14-22)31(37)27(43-34)19-23-17-18-26(42-23)24-15-10-16-25(20(24)2)32(38)39/h4-19,30H,3H2,1-2H3,(H,38,39)/b27-19-/t30-/m0/s1. The molecule has 214 valence electrons. The number of carboxylic acid groups (broad SMARTS) is 1. The zero-order valence-corrected chi connectivity index (χ0v) is 24.1. The van der Waals surface area contributed by atoms with E-state index in [1.165, 1.54) is 15.9 Å². The van der Waals surface area contributed by atoms with Crippen molar-refractivity contribution in [1.82, 2.24) is 4.57 Å². The van der Waals surface area contributed by atoms with Gasteiger partial charge in [-0.1, -0.05) is 84.1 Å². The summed E-state index contributed by atoms with van der Waals surface area (Å²) in [6.07, 6.45) is 1.64. The molecule has 0 bridgehead atoms. The number of carboxylic acids is 1. The topological polar surface area (TPSA) is 111 Å². The number of fused-ring (bicyclic) bond motifs is 1. The lowest BCUT2D eigenvalue weighted by atomic mass is 9.93. The molecule has 2 aromatic heterocycles. The molecule has 9 heteroatoms. The Morgan fingerprint density at radius 1 is 1.00 bits per heavy atom. The van der Waals surface area contributed by atoms with Crippen LogP contribution in [0.4, 0.5) is 0 Å². The number of carbonyl (C=O) groups is 2.